The molecule has 1 aliphatic rings. The van der Waals surface area contributed by atoms with E-state index in [2.05, 4.69) is 160 Å². The third-order valence-corrected chi connectivity index (χ3v) is 10.2. The minimum atomic E-state index is -0.00679. The molecule has 0 bridgehead atoms. The Bertz CT molecular complexity index is 2360. The van der Waals surface area contributed by atoms with Crippen molar-refractivity contribution < 1.29 is 0 Å². The van der Waals surface area contributed by atoms with Gasteiger partial charge in [0.25, 0.3) is 0 Å². The minimum Gasteiger partial charge on any atom is -0.0619 e. The van der Waals surface area contributed by atoms with Crippen LogP contribution in [0, 0.1) is 6.92 Å². The van der Waals surface area contributed by atoms with Gasteiger partial charge in [-0.3, -0.25) is 0 Å². The second kappa shape index (κ2) is 9.15. The van der Waals surface area contributed by atoms with Gasteiger partial charge < -0.3 is 0 Å². The lowest BCUT2D eigenvalue weighted by atomic mass is 9.81. The summed E-state index contributed by atoms with van der Waals surface area (Å²) < 4.78 is 0. The molecule has 0 atom stereocenters. The van der Waals surface area contributed by atoms with Crippen LogP contribution in [0.4, 0.5) is 0 Å². The van der Waals surface area contributed by atoms with Gasteiger partial charge >= 0.3 is 0 Å². The Hall–Kier alpha value is -5.20. The lowest BCUT2D eigenvalue weighted by Gasteiger charge is -2.22. The Balaban J connectivity index is 1.25. The van der Waals surface area contributed by atoms with Gasteiger partial charge in [0.05, 0.1) is 0 Å². The first-order valence-electron chi connectivity index (χ1n) is 15.6. The van der Waals surface area contributed by atoms with E-state index < -0.39 is 0 Å². The van der Waals surface area contributed by atoms with Crippen LogP contribution in [0.15, 0.2) is 140 Å². The van der Waals surface area contributed by atoms with Crippen LogP contribution < -0.4 is 0 Å². The van der Waals surface area contributed by atoms with Crippen molar-refractivity contribution in [1.82, 2.24) is 0 Å². The van der Waals surface area contributed by atoms with E-state index in [0.717, 1.165) is 0 Å². The summed E-state index contributed by atoms with van der Waals surface area (Å²) in [5.41, 5.74) is 12.0. The first kappa shape index (κ1) is 25.3. The second-order valence-corrected chi connectivity index (χ2v) is 13.0. The van der Waals surface area contributed by atoms with Crippen molar-refractivity contribution in [2.24, 2.45) is 0 Å². The minimum absolute atomic E-state index is 0.00679. The number of hydrogen-bond acceptors (Lipinski definition) is 0. The maximum Gasteiger partial charge on any atom is 0.0159 e. The summed E-state index contributed by atoms with van der Waals surface area (Å²) in [4.78, 5) is 0. The Labute approximate surface area is 258 Å². The molecule has 44 heavy (non-hydrogen) atoms. The number of aryl methyl sites for hydroxylation is 1. The molecule has 8 aromatic rings. The van der Waals surface area contributed by atoms with Crippen LogP contribution in [-0.2, 0) is 5.41 Å². The number of fused-ring (bicyclic) bond motifs is 7. The molecular formula is C44H32. The molecule has 0 saturated heterocycles. The maximum absolute atomic E-state index is 2.42. The van der Waals surface area contributed by atoms with E-state index in [1.807, 2.05) is 0 Å². The van der Waals surface area contributed by atoms with Gasteiger partial charge in [-0.2, -0.15) is 0 Å². The van der Waals surface area contributed by atoms with Crippen LogP contribution >= 0.6 is 0 Å². The summed E-state index contributed by atoms with van der Waals surface area (Å²) in [6, 6.07) is 52.2. The molecule has 0 unspecified atom stereocenters. The molecule has 0 radical (unpaired) electrons. The predicted octanol–water partition coefficient (Wildman–Crippen LogP) is 12.2. The highest BCUT2D eigenvalue weighted by Crippen LogP contribution is 2.49. The number of rotatable bonds is 2. The molecule has 0 spiro atoms. The summed E-state index contributed by atoms with van der Waals surface area (Å²) >= 11 is 0. The zero-order chi connectivity index (χ0) is 29.6. The monoisotopic (exact) mass is 560 g/mol. The summed E-state index contributed by atoms with van der Waals surface area (Å²) in [5, 5.41) is 10.4. The van der Waals surface area contributed by atoms with E-state index in [1.54, 1.807) is 0 Å². The lowest BCUT2D eigenvalue weighted by molar-refractivity contribution is 0.660. The van der Waals surface area contributed by atoms with Crippen molar-refractivity contribution in [3.63, 3.8) is 0 Å². The average Bonchev–Trinajstić information content (AvgIpc) is 3.29. The van der Waals surface area contributed by atoms with Gasteiger partial charge in [-0.05, 0) is 130 Å². The molecule has 0 N–H and O–H groups in total. The zero-order valence-corrected chi connectivity index (χ0v) is 25.3. The van der Waals surface area contributed by atoms with E-state index in [-0.39, 0.29) is 5.41 Å². The quantitative estimate of drug-likeness (QED) is 0.184. The lowest BCUT2D eigenvalue weighted by Crippen LogP contribution is -2.14. The van der Waals surface area contributed by atoms with E-state index in [9.17, 15) is 0 Å². The summed E-state index contributed by atoms with van der Waals surface area (Å²) in [7, 11) is 0. The van der Waals surface area contributed by atoms with E-state index in [0.29, 0.717) is 0 Å². The van der Waals surface area contributed by atoms with Crippen LogP contribution in [0.25, 0.3) is 76.5 Å². The van der Waals surface area contributed by atoms with Gasteiger partial charge in [-0.25, -0.2) is 0 Å². The highest BCUT2D eigenvalue weighted by Gasteiger charge is 2.35. The van der Waals surface area contributed by atoms with E-state index >= 15 is 0 Å². The normalized spacial score (nSPS) is 13.5. The Kier molecular flexibility index (Phi) is 5.26. The van der Waals surface area contributed by atoms with Crippen molar-refractivity contribution in [3.8, 4) is 33.4 Å². The fourth-order valence-electron chi connectivity index (χ4n) is 7.83. The molecular weight excluding hydrogens is 528 g/mol. The van der Waals surface area contributed by atoms with E-state index in [1.165, 1.54) is 93.2 Å². The largest absolute Gasteiger partial charge is 0.0619 e. The van der Waals surface area contributed by atoms with Crippen molar-refractivity contribution in [2.45, 2.75) is 26.2 Å². The van der Waals surface area contributed by atoms with Gasteiger partial charge in [-0.15, -0.1) is 0 Å². The van der Waals surface area contributed by atoms with Crippen LogP contribution in [-0.4, -0.2) is 0 Å². The summed E-state index contributed by atoms with van der Waals surface area (Å²) in [6.07, 6.45) is 0. The molecule has 0 heterocycles. The zero-order valence-electron chi connectivity index (χ0n) is 25.3. The fraction of sp³-hybridized carbons (Fsp3) is 0.0909. The number of hydrogen-bond donors (Lipinski definition) is 0. The van der Waals surface area contributed by atoms with Crippen molar-refractivity contribution >= 4 is 43.1 Å². The maximum atomic E-state index is 2.42. The molecule has 0 amide bonds. The molecule has 1 aliphatic carbocycles. The first-order valence-corrected chi connectivity index (χ1v) is 15.6. The molecule has 0 aromatic heterocycles. The molecule has 208 valence electrons. The van der Waals surface area contributed by atoms with Gasteiger partial charge in [0.15, 0.2) is 0 Å². The SMILES string of the molecule is Cc1c2cc3ccccc3cc2c(-c2ccc(-c3ccc4c(c3)C(C)(C)c3ccccc3-4)cc2)c2cc3ccccc3cc12. The van der Waals surface area contributed by atoms with Gasteiger partial charge in [0, 0.05) is 5.41 Å². The third-order valence-electron chi connectivity index (χ3n) is 10.2. The fourth-order valence-corrected chi connectivity index (χ4v) is 7.83. The van der Waals surface area contributed by atoms with Gasteiger partial charge in [-0.1, -0.05) is 123 Å². The highest BCUT2D eigenvalue weighted by atomic mass is 14.4. The van der Waals surface area contributed by atoms with Crippen LogP contribution in [0.1, 0.15) is 30.5 Å². The molecule has 0 nitrogen and oxygen atoms in total. The third kappa shape index (κ3) is 3.58. The molecule has 8 aromatic carbocycles. The molecule has 0 fully saturated rings. The standard InChI is InChI=1S/C44H32/c1-27-37-22-30-10-4-6-12-32(30)24-39(37)43(40-25-33-13-7-5-11-31(33)23-38(27)40)29-18-16-28(17-19-29)34-20-21-36-35-14-8-9-15-41(35)44(2,3)42(36)26-34/h4-26H,1-3H3. The summed E-state index contributed by atoms with van der Waals surface area (Å²) in [6.45, 7) is 6.99. The predicted molar refractivity (Wildman–Crippen MR) is 190 cm³/mol. The van der Waals surface area contributed by atoms with E-state index in [4.69, 9.17) is 0 Å². The van der Waals surface area contributed by atoms with Crippen molar-refractivity contribution in [2.75, 3.05) is 0 Å². The van der Waals surface area contributed by atoms with Crippen LogP contribution in [0.3, 0.4) is 0 Å². The van der Waals surface area contributed by atoms with Gasteiger partial charge in [0.1, 0.15) is 0 Å². The second-order valence-electron chi connectivity index (χ2n) is 13.0. The smallest absolute Gasteiger partial charge is 0.0159 e. The Morgan fingerprint density at radius 2 is 0.841 bits per heavy atom. The molecule has 0 heteroatoms. The first-order chi connectivity index (χ1) is 21.5. The topological polar surface area (TPSA) is 0 Å². The number of benzene rings is 8. The van der Waals surface area contributed by atoms with Crippen LogP contribution in [0.2, 0.25) is 0 Å². The van der Waals surface area contributed by atoms with Gasteiger partial charge in [0.2, 0.25) is 0 Å². The van der Waals surface area contributed by atoms with Crippen molar-refractivity contribution in [1.29, 1.82) is 0 Å². The summed E-state index contributed by atoms with van der Waals surface area (Å²) in [5.74, 6) is 0. The Morgan fingerprint density at radius 3 is 1.43 bits per heavy atom. The molecule has 9 rings (SSSR count). The molecule has 0 aliphatic heterocycles. The molecule has 0 saturated carbocycles. The Morgan fingerprint density at radius 1 is 0.386 bits per heavy atom. The van der Waals surface area contributed by atoms with Crippen LogP contribution in [0.5, 0.6) is 0 Å². The van der Waals surface area contributed by atoms with Crippen molar-refractivity contribution in [3.05, 3.63) is 156 Å². The highest BCUT2D eigenvalue weighted by molar-refractivity contribution is 6.20. The average molecular weight is 561 g/mol.